The summed E-state index contributed by atoms with van der Waals surface area (Å²) >= 11 is 3.52. The van der Waals surface area contributed by atoms with Gasteiger partial charge < -0.3 is 19.5 Å². The number of aliphatic hydroxyl groups is 1. The Morgan fingerprint density at radius 2 is 1.85 bits per heavy atom. The molecule has 0 radical (unpaired) electrons. The van der Waals surface area contributed by atoms with Crippen LogP contribution in [0, 0.1) is 0 Å². The summed E-state index contributed by atoms with van der Waals surface area (Å²) in [6.45, 7) is 4.61. The average Bonchev–Trinajstić information content (AvgIpc) is 3.63. The highest BCUT2D eigenvalue weighted by Gasteiger charge is 2.69. The predicted octanol–water partition coefficient (Wildman–Crippen LogP) is 5.94. The Morgan fingerprint density at radius 3 is 2.46 bits per heavy atom. The zero-order valence-electron chi connectivity index (χ0n) is 24.1. The number of benzene rings is 2. The van der Waals surface area contributed by atoms with Crippen molar-refractivity contribution in [1.29, 1.82) is 0 Å². The third kappa shape index (κ3) is 5.48. The van der Waals surface area contributed by atoms with Gasteiger partial charge in [0.2, 0.25) is 6.41 Å². The van der Waals surface area contributed by atoms with E-state index in [0.717, 1.165) is 34.1 Å². The van der Waals surface area contributed by atoms with E-state index in [2.05, 4.69) is 38.1 Å². The van der Waals surface area contributed by atoms with E-state index in [-0.39, 0.29) is 5.92 Å². The first kappa shape index (κ1) is 30.3. The summed E-state index contributed by atoms with van der Waals surface area (Å²) < 4.78 is 14.9. The van der Waals surface area contributed by atoms with Crippen LogP contribution in [0.25, 0.3) is 0 Å². The molecule has 3 unspecified atom stereocenters. The maximum atomic E-state index is 12.2. The first-order valence-corrected chi connectivity index (χ1v) is 14.5. The zero-order valence-corrected chi connectivity index (χ0v) is 25.7. The van der Waals surface area contributed by atoms with E-state index in [0.29, 0.717) is 30.0 Å². The Morgan fingerprint density at radius 1 is 1.15 bits per heavy atom. The molecule has 0 bridgehead atoms. The number of carbonyl (C=O) groups excluding carboxylic acids is 1. The van der Waals surface area contributed by atoms with E-state index < -0.39 is 11.2 Å². The number of pyridine rings is 1. The van der Waals surface area contributed by atoms with Crippen molar-refractivity contribution in [3.05, 3.63) is 106 Å². The second-order valence-electron chi connectivity index (χ2n) is 9.89. The number of fused-ring (bicyclic) bond motifs is 3. The SMILES string of the molecule is CC.CN(C=O)Cc1ccnn1C.COc1cncc2c1C1(O)CCC(c3ccccc3)C1(c1ccc(Br)cc1)O2. The maximum absolute atomic E-state index is 12.2. The number of ether oxygens (including phenoxy) is 2. The Hall–Kier alpha value is -3.69. The molecule has 41 heavy (non-hydrogen) atoms. The van der Waals surface area contributed by atoms with Crippen molar-refractivity contribution < 1.29 is 19.4 Å². The molecule has 2 aromatic heterocycles. The molecular weight excluding hydrogens is 584 g/mol. The third-order valence-corrected chi connectivity index (χ3v) is 8.20. The molecule has 3 atom stereocenters. The van der Waals surface area contributed by atoms with Gasteiger partial charge >= 0.3 is 0 Å². The van der Waals surface area contributed by atoms with Gasteiger partial charge in [-0.3, -0.25) is 14.5 Å². The number of aryl methyl sites for hydroxylation is 1. The fourth-order valence-corrected chi connectivity index (χ4v) is 6.13. The summed E-state index contributed by atoms with van der Waals surface area (Å²) in [7, 11) is 5.19. The number of amides is 1. The second-order valence-corrected chi connectivity index (χ2v) is 10.8. The molecule has 9 heteroatoms. The average molecular weight is 622 g/mol. The number of nitrogens with zero attached hydrogens (tertiary/aromatic N) is 4. The molecule has 1 amide bonds. The van der Waals surface area contributed by atoms with Crippen molar-refractivity contribution in [2.75, 3.05) is 14.2 Å². The summed E-state index contributed by atoms with van der Waals surface area (Å²) in [5.41, 5.74) is 1.69. The lowest BCUT2D eigenvalue weighted by molar-refractivity contribution is -0.117. The number of carbonyl (C=O) groups is 1. The number of hydrogen-bond acceptors (Lipinski definition) is 6. The topological polar surface area (TPSA) is 89.7 Å². The van der Waals surface area contributed by atoms with E-state index in [4.69, 9.17) is 9.47 Å². The minimum Gasteiger partial charge on any atom is -0.495 e. The monoisotopic (exact) mass is 620 g/mol. The van der Waals surface area contributed by atoms with Gasteiger partial charge in [-0.2, -0.15) is 5.10 Å². The van der Waals surface area contributed by atoms with Crippen LogP contribution in [-0.2, 0) is 29.6 Å². The van der Waals surface area contributed by atoms with Gasteiger partial charge in [0, 0.05) is 30.7 Å². The van der Waals surface area contributed by atoms with Crippen LogP contribution < -0.4 is 9.47 Å². The van der Waals surface area contributed by atoms with Crippen molar-refractivity contribution in [3.8, 4) is 11.5 Å². The molecule has 1 aliphatic heterocycles. The molecule has 8 nitrogen and oxygen atoms in total. The fraction of sp³-hybridized carbons (Fsp3) is 0.344. The van der Waals surface area contributed by atoms with Gasteiger partial charge in [-0.25, -0.2) is 0 Å². The minimum atomic E-state index is -1.20. The van der Waals surface area contributed by atoms with Crippen LogP contribution in [0.4, 0.5) is 0 Å². The molecule has 0 saturated heterocycles. The van der Waals surface area contributed by atoms with Crippen molar-refractivity contribution in [3.63, 3.8) is 0 Å². The lowest BCUT2D eigenvalue weighted by atomic mass is 9.72. The van der Waals surface area contributed by atoms with Crippen molar-refractivity contribution in [2.45, 2.75) is 50.4 Å². The number of methoxy groups -OCH3 is 1. The molecule has 216 valence electrons. The first-order chi connectivity index (χ1) is 19.8. The summed E-state index contributed by atoms with van der Waals surface area (Å²) in [5.74, 6) is 1.15. The Labute approximate surface area is 250 Å². The second kappa shape index (κ2) is 12.9. The highest BCUT2D eigenvalue weighted by Crippen LogP contribution is 2.67. The van der Waals surface area contributed by atoms with Gasteiger partial charge in [-0.05, 0) is 42.2 Å². The van der Waals surface area contributed by atoms with Crippen LogP contribution in [0.5, 0.6) is 11.5 Å². The smallest absolute Gasteiger partial charge is 0.209 e. The zero-order chi connectivity index (χ0) is 29.6. The Kier molecular flexibility index (Phi) is 9.50. The van der Waals surface area contributed by atoms with Crippen molar-refractivity contribution in [2.24, 2.45) is 7.05 Å². The van der Waals surface area contributed by atoms with Crippen LogP contribution in [0.15, 0.2) is 83.7 Å². The van der Waals surface area contributed by atoms with Crippen molar-refractivity contribution >= 4 is 22.3 Å². The van der Waals surface area contributed by atoms with Crippen LogP contribution in [0.1, 0.15) is 55.0 Å². The predicted molar refractivity (Wildman–Crippen MR) is 162 cm³/mol. The minimum absolute atomic E-state index is 0.00279. The molecule has 2 aromatic carbocycles. The molecule has 6 rings (SSSR count). The first-order valence-electron chi connectivity index (χ1n) is 13.7. The maximum Gasteiger partial charge on any atom is 0.209 e. The van der Waals surface area contributed by atoms with E-state index in [1.807, 2.05) is 69.4 Å². The quantitative estimate of drug-likeness (QED) is 0.268. The largest absolute Gasteiger partial charge is 0.495 e. The lowest BCUT2D eigenvalue weighted by Gasteiger charge is -2.40. The third-order valence-electron chi connectivity index (χ3n) is 7.67. The molecular formula is C32H37BrN4O4. The molecule has 1 aliphatic carbocycles. The molecule has 3 heterocycles. The summed E-state index contributed by atoms with van der Waals surface area (Å²) in [4.78, 5) is 16.1. The van der Waals surface area contributed by atoms with E-state index in [1.54, 1.807) is 42.3 Å². The van der Waals surface area contributed by atoms with E-state index in [9.17, 15) is 9.90 Å². The van der Waals surface area contributed by atoms with Gasteiger partial charge in [0.25, 0.3) is 0 Å². The molecule has 0 spiro atoms. The highest BCUT2D eigenvalue weighted by molar-refractivity contribution is 9.10. The summed E-state index contributed by atoms with van der Waals surface area (Å²) in [6, 6.07) is 20.2. The summed E-state index contributed by atoms with van der Waals surface area (Å²) in [6.07, 6.45) is 7.23. The van der Waals surface area contributed by atoms with Crippen molar-refractivity contribution in [1.82, 2.24) is 19.7 Å². The molecule has 1 saturated carbocycles. The number of hydrogen-bond donors (Lipinski definition) is 1. The number of halogens is 1. The fourth-order valence-electron chi connectivity index (χ4n) is 5.87. The Bertz CT molecular complexity index is 1450. The highest BCUT2D eigenvalue weighted by atomic mass is 79.9. The Balaban J connectivity index is 0.000000251. The molecule has 2 aliphatic rings. The standard InChI is InChI=1S/C23H20BrNO3.C7H11N3O.C2H6/c1-27-19-13-25-14-20-21(19)22(26)12-11-18(15-5-3-2-4-6-15)23(22,28-20)16-7-9-17(24)10-8-16;1-9(6-11)5-7-3-4-8-10(7)2;1-2/h2-10,13-14,18,26H,11-12H2,1H3;3-4,6H,5H2,1-2H3;1-2H3. The van der Waals surface area contributed by atoms with Gasteiger partial charge in [0.1, 0.15) is 17.1 Å². The summed E-state index contributed by atoms with van der Waals surface area (Å²) in [5, 5.41) is 16.1. The van der Waals surface area contributed by atoms with Gasteiger partial charge in [-0.1, -0.05) is 72.2 Å². The lowest BCUT2D eigenvalue weighted by Crippen LogP contribution is -2.48. The number of rotatable bonds is 6. The van der Waals surface area contributed by atoms with Crippen LogP contribution >= 0.6 is 15.9 Å². The van der Waals surface area contributed by atoms with Crippen LogP contribution in [0.3, 0.4) is 0 Å². The normalized spacial score (nSPS) is 21.7. The van der Waals surface area contributed by atoms with Crippen LogP contribution in [0.2, 0.25) is 0 Å². The molecule has 4 aromatic rings. The van der Waals surface area contributed by atoms with Gasteiger partial charge in [0.05, 0.1) is 37.3 Å². The van der Waals surface area contributed by atoms with Gasteiger partial charge in [0.15, 0.2) is 5.60 Å². The van der Waals surface area contributed by atoms with E-state index in [1.165, 1.54) is 0 Å². The molecule has 1 fully saturated rings. The van der Waals surface area contributed by atoms with Crippen LogP contribution in [-0.4, -0.2) is 45.3 Å². The van der Waals surface area contributed by atoms with E-state index >= 15 is 0 Å². The number of aromatic nitrogens is 3. The molecule has 1 N–H and O–H groups in total. The van der Waals surface area contributed by atoms with Gasteiger partial charge in [-0.15, -0.1) is 0 Å².